The van der Waals surface area contributed by atoms with Crippen LogP contribution in [0.2, 0.25) is 0 Å². The van der Waals surface area contributed by atoms with Gasteiger partial charge in [0, 0.05) is 19.7 Å². The van der Waals surface area contributed by atoms with Crippen molar-refractivity contribution < 1.29 is 13.9 Å². The number of halogens is 1. The molecule has 2 saturated heterocycles. The smallest absolute Gasteiger partial charge is 0.165 e. The van der Waals surface area contributed by atoms with E-state index in [0.717, 1.165) is 44.0 Å². The van der Waals surface area contributed by atoms with Crippen LogP contribution in [0.25, 0.3) is 0 Å². The van der Waals surface area contributed by atoms with Crippen molar-refractivity contribution in [2.24, 2.45) is 5.92 Å². The third-order valence-corrected chi connectivity index (χ3v) is 4.96. The number of aryl methyl sites for hydroxylation is 1. The lowest BCUT2D eigenvalue weighted by molar-refractivity contribution is -0.0661. The predicted octanol–water partition coefficient (Wildman–Crippen LogP) is 3.27. The van der Waals surface area contributed by atoms with Crippen molar-refractivity contribution in [1.82, 2.24) is 4.90 Å². The molecule has 3 rings (SSSR count). The van der Waals surface area contributed by atoms with E-state index in [4.69, 9.17) is 9.47 Å². The minimum atomic E-state index is -0.264. The fourth-order valence-electron chi connectivity index (χ4n) is 3.74. The van der Waals surface area contributed by atoms with Crippen molar-refractivity contribution in [3.05, 3.63) is 29.6 Å². The largest absolute Gasteiger partial charge is 0.494 e. The van der Waals surface area contributed by atoms with Crippen molar-refractivity contribution in [3.63, 3.8) is 0 Å². The van der Waals surface area contributed by atoms with E-state index in [0.29, 0.717) is 11.9 Å². The molecule has 2 aliphatic rings. The third-order valence-electron chi connectivity index (χ3n) is 4.96. The summed E-state index contributed by atoms with van der Waals surface area (Å²) in [5.74, 6) is 0.782. The van der Waals surface area contributed by atoms with E-state index >= 15 is 0 Å². The van der Waals surface area contributed by atoms with Gasteiger partial charge in [-0.1, -0.05) is 6.07 Å². The van der Waals surface area contributed by atoms with E-state index in [-0.39, 0.29) is 5.82 Å². The van der Waals surface area contributed by atoms with Gasteiger partial charge in [0.25, 0.3) is 0 Å². The van der Waals surface area contributed by atoms with E-state index in [2.05, 4.69) is 4.90 Å². The molecule has 0 aliphatic carbocycles. The Labute approximate surface area is 132 Å². The van der Waals surface area contributed by atoms with Gasteiger partial charge >= 0.3 is 0 Å². The van der Waals surface area contributed by atoms with Crippen molar-refractivity contribution in [1.29, 1.82) is 0 Å². The fraction of sp³-hybridized carbons (Fsp3) is 0.667. The van der Waals surface area contributed by atoms with Crippen molar-refractivity contribution in [2.75, 3.05) is 33.4 Å². The second-order valence-electron chi connectivity index (χ2n) is 6.47. The van der Waals surface area contributed by atoms with Gasteiger partial charge in [-0.2, -0.15) is 0 Å². The van der Waals surface area contributed by atoms with Crippen LogP contribution in [0.5, 0.6) is 5.75 Å². The normalized spacial score (nSPS) is 25.7. The Hall–Kier alpha value is -1.13. The molecule has 0 saturated carbocycles. The average Bonchev–Trinajstić information content (AvgIpc) is 2.55. The molecule has 2 atom stereocenters. The minimum absolute atomic E-state index is 0.264. The highest BCUT2D eigenvalue weighted by atomic mass is 19.1. The number of nitrogens with zero attached hydrogens (tertiary/aromatic N) is 1. The highest BCUT2D eigenvalue weighted by molar-refractivity contribution is 5.29. The molecule has 0 aromatic heterocycles. The first-order valence-corrected chi connectivity index (χ1v) is 8.42. The van der Waals surface area contributed by atoms with E-state index in [1.165, 1.54) is 32.9 Å². The van der Waals surface area contributed by atoms with Crippen LogP contribution >= 0.6 is 0 Å². The molecule has 2 heterocycles. The Morgan fingerprint density at radius 1 is 1.36 bits per heavy atom. The van der Waals surface area contributed by atoms with Crippen LogP contribution in [0.3, 0.4) is 0 Å². The van der Waals surface area contributed by atoms with Crippen molar-refractivity contribution in [3.8, 4) is 5.75 Å². The zero-order chi connectivity index (χ0) is 15.4. The van der Waals surface area contributed by atoms with Crippen LogP contribution in [0, 0.1) is 11.7 Å². The van der Waals surface area contributed by atoms with Crippen LogP contribution in [-0.4, -0.2) is 44.4 Å². The topological polar surface area (TPSA) is 21.7 Å². The molecule has 2 unspecified atom stereocenters. The summed E-state index contributed by atoms with van der Waals surface area (Å²) in [5, 5.41) is 0. The molecular formula is C18H26FNO2. The second kappa shape index (κ2) is 7.42. The molecule has 0 radical (unpaired) electrons. The second-order valence-corrected chi connectivity index (χ2v) is 6.47. The summed E-state index contributed by atoms with van der Waals surface area (Å²) in [4.78, 5) is 2.55. The lowest BCUT2D eigenvalue weighted by Crippen LogP contribution is -2.46. The van der Waals surface area contributed by atoms with Crippen LogP contribution in [-0.2, 0) is 11.2 Å². The SMILES string of the molecule is COc1ccc(CCCN2CCC3OCCCC3C2)cc1F. The number of fused-ring (bicyclic) bond motifs is 1. The molecule has 3 nitrogen and oxygen atoms in total. The molecule has 0 bridgehead atoms. The Bertz CT molecular complexity index is 494. The zero-order valence-electron chi connectivity index (χ0n) is 13.4. The molecule has 0 N–H and O–H groups in total. The number of likely N-dealkylation sites (tertiary alicyclic amines) is 1. The number of hydrogen-bond donors (Lipinski definition) is 0. The number of rotatable bonds is 5. The van der Waals surface area contributed by atoms with Gasteiger partial charge < -0.3 is 14.4 Å². The highest BCUT2D eigenvalue weighted by Crippen LogP contribution is 2.28. The van der Waals surface area contributed by atoms with Gasteiger partial charge in [0.05, 0.1) is 13.2 Å². The number of piperidine rings is 1. The summed E-state index contributed by atoms with van der Waals surface area (Å²) < 4.78 is 24.5. The first-order valence-electron chi connectivity index (χ1n) is 8.42. The van der Waals surface area contributed by atoms with Crippen molar-refractivity contribution in [2.45, 2.75) is 38.2 Å². The maximum Gasteiger partial charge on any atom is 0.165 e. The monoisotopic (exact) mass is 307 g/mol. The first-order chi connectivity index (χ1) is 10.8. The van der Waals surface area contributed by atoms with Gasteiger partial charge in [0.1, 0.15) is 0 Å². The van der Waals surface area contributed by atoms with Crippen LogP contribution in [0.1, 0.15) is 31.2 Å². The van der Waals surface area contributed by atoms with Gasteiger partial charge in [-0.15, -0.1) is 0 Å². The molecule has 22 heavy (non-hydrogen) atoms. The van der Waals surface area contributed by atoms with Crippen LogP contribution < -0.4 is 4.74 Å². The lowest BCUT2D eigenvalue weighted by Gasteiger charge is -2.41. The van der Waals surface area contributed by atoms with E-state index in [9.17, 15) is 4.39 Å². The highest BCUT2D eigenvalue weighted by Gasteiger charge is 2.31. The number of methoxy groups -OCH3 is 1. The van der Waals surface area contributed by atoms with Crippen LogP contribution in [0.15, 0.2) is 18.2 Å². The number of benzene rings is 1. The summed E-state index contributed by atoms with van der Waals surface area (Å²) in [7, 11) is 1.50. The Morgan fingerprint density at radius 3 is 3.09 bits per heavy atom. The Balaban J connectivity index is 1.44. The standard InChI is InChI=1S/C18H26FNO2/c1-21-18-7-6-14(12-16(18)19)4-2-9-20-10-8-17-15(13-20)5-3-11-22-17/h6-7,12,15,17H,2-5,8-11,13H2,1H3. The van der Waals surface area contributed by atoms with E-state index < -0.39 is 0 Å². The lowest BCUT2D eigenvalue weighted by atomic mass is 9.88. The first kappa shape index (κ1) is 15.8. The quantitative estimate of drug-likeness (QED) is 0.833. The number of hydrogen-bond acceptors (Lipinski definition) is 3. The Kier molecular flexibility index (Phi) is 5.32. The van der Waals surface area contributed by atoms with Gasteiger partial charge in [-0.25, -0.2) is 4.39 Å². The summed E-state index contributed by atoms with van der Waals surface area (Å²) >= 11 is 0. The maximum atomic E-state index is 13.7. The van der Waals surface area contributed by atoms with E-state index in [1.807, 2.05) is 6.07 Å². The van der Waals surface area contributed by atoms with E-state index in [1.54, 1.807) is 12.1 Å². The van der Waals surface area contributed by atoms with Crippen molar-refractivity contribution >= 4 is 0 Å². The summed E-state index contributed by atoms with van der Waals surface area (Å²) in [6, 6.07) is 5.28. The molecular weight excluding hydrogens is 281 g/mol. The summed E-state index contributed by atoms with van der Waals surface area (Å²) in [6.45, 7) is 4.35. The minimum Gasteiger partial charge on any atom is -0.494 e. The summed E-state index contributed by atoms with van der Waals surface area (Å²) in [5.41, 5.74) is 1.05. The number of ether oxygens (including phenoxy) is 2. The van der Waals surface area contributed by atoms with Crippen LogP contribution in [0.4, 0.5) is 4.39 Å². The predicted molar refractivity (Wildman–Crippen MR) is 84.8 cm³/mol. The average molecular weight is 307 g/mol. The molecule has 122 valence electrons. The molecule has 1 aromatic rings. The zero-order valence-corrected chi connectivity index (χ0v) is 13.4. The molecule has 0 spiro atoms. The maximum absolute atomic E-state index is 13.7. The molecule has 4 heteroatoms. The van der Waals surface area contributed by atoms with Gasteiger partial charge in [0.2, 0.25) is 0 Å². The molecule has 1 aromatic carbocycles. The van der Waals surface area contributed by atoms with Gasteiger partial charge in [-0.3, -0.25) is 0 Å². The third kappa shape index (κ3) is 3.79. The van der Waals surface area contributed by atoms with Gasteiger partial charge in [0.15, 0.2) is 11.6 Å². The molecule has 2 aliphatic heterocycles. The summed E-state index contributed by atoms with van der Waals surface area (Å²) in [6.07, 6.45) is 6.18. The fourth-order valence-corrected chi connectivity index (χ4v) is 3.74. The van der Waals surface area contributed by atoms with Gasteiger partial charge in [-0.05, 0) is 62.3 Å². The molecule has 0 amide bonds. The Morgan fingerprint density at radius 2 is 2.27 bits per heavy atom. The molecule has 2 fully saturated rings.